The normalized spacial score (nSPS) is 10.7. The van der Waals surface area contributed by atoms with Crippen LogP contribution < -0.4 is 0 Å². The molecule has 0 bridgehead atoms. The molecule has 5 heteroatoms. The number of hydrogen-bond acceptors (Lipinski definition) is 3. The van der Waals surface area contributed by atoms with Gasteiger partial charge < -0.3 is 0 Å². The Hall–Kier alpha value is -1.91. The van der Waals surface area contributed by atoms with Gasteiger partial charge in [-0.2, -0.15) is 5.10 Å². The second-order valence-corrected chi connectivity index (χ2v) is 5.66. The molecule has 3 rings (SSSR count). The summed E-state index contributed by atoms with van der Waals surface area (Å²) in [4.78, 5) is 13.0. The summed E-state index contributed by atoms with van der Waals surface area (Å²) in [7, 11) is 0. The number of carbonyl (C=O) groups excluding carboxylic acids is 1. The Morgan fingerprint density at radius 2 is 2.05 bits per heavy atom. The predicted molar refractivity (Wildman–Crippen MR) is 81.1 cm³/mol. The average molecular weight is 303 g/mol. The quantitative estimate of drug-likeness (QED) is 0.682. The summed E-state index contributed by atoms with van der Waals surface area (Å²) in [5, 5.41) is 6.65. The smallest absolute Gasteiger partial charge is 0.207 e. The fourth-order valence-electron chi connectivity index (χ4n) is 1.88. The zero-order chi connectivity index (χ0) is 14.1. The van der Waals surface area contributed by atoms with E-state index >= 15 is 0 Å². The molecule has 2 heterocycles. The number of aromatic nitrogens is 2. The number of benzene rings is 1. The van der Waals surface area contributed by atoms with Gasteiger partial charge in [-0.05, 0) is 30.0 Å². The number of ketones is 1. The molecule has 20 heavy (non-hydrogen) atoms. The third-order valence-corrected chi connectivity index (χ3v) is 4.67. The number of rotatable bonds is 3. The first-order valence-electron chi connectivity index (χ1n) is 6.05. The Labute approximate surface area is 125 Å². The molecular formula is C15H11ClN2OS. The molecule has 0 N–H and O–H groups in total. The third-order valence-electron chi connectivity index (χ3n) is 2.97. The molecule has 3 aromatic rings. The lowest BCUT2D eigenvalue weighted by molar-refractivity contribution is 0.104. The second-order valence-electron chi connectivity index (χ2n) is 4.40. The number of hydrogen-bond donors (Lipinski definition) is 0. The number of carbonyl (C=O) groups is 1. The Kier molecular flexibility index (Phi) is 3.42. The topological polar surface area (TPSA) is 34.9 Å². The van der Waals surface area contributed by atoms with Gasteiger partial charge in [0.1, 0.15) is 0 Å². The largest absolute Gasteiger partial charge is 0.288 e. The van der Waals surface area contributed by atoms with E-state index in [1.54, 1.807) is 17.1 Å². The second kappa shape index (κ2) is 5.23. The molecule has 1 aromatic carbocycles. The van der Waals surface area contributed by atoms with Crippen molar-refractivity contribution < 1.29 is 4.79 Å². The minimum Gasteiger partial charge on any atom is -0.288 e. The van der Waals surface area contributed by atoms with Crippen LogP contribution in [0, 0.1) is 6.92 Å². The van der Waals surface area contributed by atoms with Crippen LogP contribution in [0.15, 0.2) is 48.1 Å². The molecule has 2 aromatic heterocycles. The van der Waals surface area contributed by atoms with Crippen LogP contribution in [0.25, 0.3) is 5.69 Å². The standard InChI is InChI=1S/C15H11ClN2OS/c1-10-9-20-15(13(10)16)14(19)11-7-17-18(8-11)12-5-3-2-4-6-12/h2-9H,1H3. The van der Waals surface area contributed by atoms with E-state index in [1.165, 1.54) is 11.3 Å². The number of nitrogens with zero attached hydrogens (tertiary/aromatic N) is 2. The number of para-hydroxylation sites is 1. The number of halogens is 1. The maximum Gasteiger partial charge on any atom is 0.207 e. The summed E-state index contributed by atoms with van der Waals surface area (Å²) >= 11 is 7.51. The van der Waals surface area contributed by atoms with Gasteiger partial charge in [0.25, 0.3) is 0 Å². The van der Waals surface area contributed by atoms with Gasteiger partial charge in [-0.25, -0.2) is 4.68 Å². The van der Waals surface area contributed by atoms with Crippen molar-refractivity contribution >= 4 is 28.7 Å². The highest BCUT2D eigenvalue weighted by Gasteiger charge is 2.18. The Morgan fingerprint density at radius 1 is 1.30 bits per heavy atom. The summed E-state index contributed by atoms with van der Waals surface area (Å²) in [6.45, 7) is 1.89. The van der Waals surface area contributed by atoms with Gasteiger partial charge in [-0.15, -0.1) is 11.3 Å². The van der Waals surface area contributed by atoms with E-state index in [2.05, 4.69) is 5.10 Å². The molecule has 0 aliphatic rings. The van der Waals surface area contributed by atoms with Crippen LogP contribution in [0.5, 0.6) is 0 Å². The van der Waals surface area contributed by atoms with Crippen molar-refractivity contribution in [1.29, 1.82) is 0 Å². The van der Waals surface area contributed by atoms with Crippen LogP contribution in [0.2, 0.25) is 5.02 Å². The fraction of sp³-hybridized carbons (Fsp3) is 0.0667. The maximum atomic E-state index is 12.4. The molecule has 100 valence electrons. The average Bonchev–Trinajstić information content (AvgIpc) is 3.08. The Bertz CT molecular complexity index is 761. The summed E-state index contributed by atoms with van der Waals surface area (Å²) < 4.78 is 1.68. The van der Waals surface area contributed by atoms with E-state index in [9.17, 15) is 4.79 Å². The highest BCUT2D eigenvalue weighted by Crippen LogP contribution is 2.29. The van der Waals surface area contributed by atoms with Crippen LogP contribution in [-0.4, -0.2) is 15.6 Å². The van der Waals surface area contributed by atoms with Crippen LogP contribution in [0.1, 0.15) is 20.8 Å². The Balaban J connectivity index is 1.95. The lowest BCUT2D eigenvalue weighted by atomic mass is 10.2. The molecule has 0 radical (unpaired) electrons. The summed E-state index contributed by atoms with van der Waals surface area (Å²) in [5.74, 6) is -0.0877. The van der Waals surface area contributed by atoms with Crippen molar-refractivity contribution in [2.24, 2.45) is 0 Å². The zero-order valence-corrected chi connectivity index (χ0v) is 12.3. The van der Waals surface area contributed by atoms with Gasteiger partial charge >= 0.3 is 0 Å². The summed E-state index contributed by atoms with van der Waals surface area (Å²) in [6.07, 6.45) is 3.30. The summed E-state index contributed by atoms with van der Waals surface area (Å²) in [6, 6.07) is 9.66. The monoisotopic (exact) mass is 302 g/mol. The van der Waals surface area contributed by atoms with Crippen molar-refractivity contribution in [3.63, 3.8) is 0 Å². The molecule has 3 nitrogen and oxygen atoms in total. The maximum absolute atomic E-state index is 12.4. The van der Waals surface area contributed by atoms with Crippen LogP contribution in [0.4, 0.5) is 0 Å². The van der Waals surface area contributed by atoms with E-state index in [-0.39, 0.29) is 5.78 Å². The first kappa shape index (κ1) is 13.1. The third kappa shape index (κ3) is 2.28. The molecule has 0 fully saturated rings. The van der Waals surface area contributed by atoms with Gasteiger partial charge in [-0.3, -0.25) is 4.79 Å². The highest BCUT2D eigenvalue weighted by molar-refractivity contribution is 7.13. The molecule has 0 saturated carbocycles. The van der Waals surface area contributed by atoms with Gasteiger partial charge in [-0.1, -0.05) is 29.8 Å². The number of aryl methyl sites for hydroxylation is 1. The lowest BCUT2D eigenvalue weighted by Gasteiger charge is -1.99. The van der Waals surface area contributed by atoms with E-state index < -0.39 is 0 Å². The molecular weight excluding hydrogens is 292 g/mol. The van der Waals surface area contributed by atoms with E-state index in [1.807, 2.05) is 42.6 Å². The molecule has 0 aliphatic heterocycles. The minimum absolute atomic E-state index is 0.0877. The summed E-state index contributed by atoms with van der Waals surface area (Å²) in [5.41, 5.74) is 2.38. The van der Waals surface area contributed by atoms with Crippen molar-refractivity contribution in [1.82, 2.24) is 9.78 Å². The van der Waals surface area contributed by atoms with Crippen LogP contribution >= 0.6 is 22.9 Å². The fourth-order valence-corrected chi connectivity index (χ4v) is 3.12. The molecule has 0 saturated heterocycles. The van der Waals surface area contributed by atoms with E-state index in [0.717, 1.165) is 11.3 Å². The Morgan fingerprint density at radius 3 is 2.70 bits per heavy atom. The highest BCUT2D eigenvalue weighted by atomic mass is 35.5. The van der Waals surface area contributed by atoms with Crippen LogP contribution in [0.3, 0.4) is 0 Å². The molecule has 0 unspecified atom stereocenters. The van der Waals surface area contributed by atoms with Crippen LogP contribution in [-0.2, 0) is 0 Å². The molecule has 0 aliphatic carbocycles. The lowest BCUT2D eigenvalue weighted by Crippen LogP contribution is -1.98. The first-order chi connectivity index (χ1) is 9.66. The first-order valence-corrected chi connectivity index (χ1v) is 7.31. The zero-order valence-electron chi connectivity index (χ0n) is 10.7. The molecule has 0 spiro atoms. The number of thiophene rings is 1. The van der Waals surface area contributed by atoms with E-state index in [0.29, 0.717) is 15.5 Å². The SMILES string of the molecule is Cc1csc(C(=O)c2cnn(-c3ccccc3)c2)c1Cl. The van der Waals surface area contributed by atoms with Gasteiger partial charge in [0.2, 0.25) is 5.78 Å². The van der Waals surface area contributed by atoms with E-state index in [4.69, 9.17) is 11.6 Å². The van der Waals surface area contributed by atoms with Crippen molar-refractivity contribution in [2.75, 3.05) is 0 Å². The van der Waals surface area contributed by atoms with Gasteiger partial charge in [0.15, 0.2) is 0 Å². The van der Waals surface area contributed by atoms with Gasteiger partial charge in [0.05, 0.1) is 27.3 Å². The predicted octanol–water partition coefficient (Wildman–Crippen LogP) is 4.13. The molecule has 0 atom stereocenters. The van der Waals surface area contributed by atoms with Crippen molar-refractivity contribution in [2.45, 2.75) is 6.92 Å². The molecule has 0 amide bonds. The van der Waals surface area contributed by atoms with Gasteiger partial charge in [0, 0.05) is 6.20 Å². The van der Waals surface area contributed by atoms with Crippen molar-refractivity contribution in [3.05, 3.63) is 69.1 Å². The minimum atomic E-state index is -0.0877. The van der Waals surface area contributed by atoms with Crippen molar-refractivity contribution in [3.8, 4) is 5.69 Å².